The second-order valence-electron chi connectivity index (χ2n) is 6.03. The summed E-state index contributed by atoms with van der Waals surface area (Å²) in [5, 5.41) is 0. The van der Waals surface area contributed by atoms with Crippen LogP contribution in [0.25, 0.3) is 0 Å². The Bertz CT molecular complexity index is 260. The molecule has 2 N–H and O–H groups in total. The summed E-state index contributed by atoms with van der Waals surface area (Å²) < 4.78 is 0. The molecule has 1 rings (SSSR count). The number of hydrogen-bond acceptors (Lipinski definition) is 3. The van der Waals surface area contributed by atoms with Gasteiger partial charge < -0.3 is 15.5 Å². The van der Waals surface area contributed by atoms with E-state index in [4.69, 9.17) is 5.73 Å². The molecule has 0 aliphatic heterocycles. The van der Waals surface area contributed by atoms with E-state index in [2.05, 4.69) is 25.9 Å². The van der Waals surface area contributed by atoms with Crippen molar-refractivity contribution in [3.05, 3.63) is 0 Å². The zero-order valence-corrected chi connectivity index (χ0v) is 12.9. The molecule has 0 unspecified atom stereocenters. The number of nitrogens with zero attached hydrogens (tertiary/aromatic N) is 2. The van der Waals surface area contributed by atoms with Crippen molar-refractivity contribution >= 4 is 5.91 Å². The average molecular weight is 269 g/mol. The molecule has 0 aromatic rings. The standard InChI is InChI=1S/C15H31N3O/c1-4-18(11-5-10-17(2)3)15(19)14-8-6-13(12-16)7-9-14/h13-14H,4-12,16H2,1-3H3. The molecule has 1 amide bonds. The molecule has 112 valence electrons. The van der Waals surface area contributed by atoms with Gasteiger partial charge in [0.05, 0.1) is 0 Å². The van der Waals surface area contributed by atoms with Crippen molar-refractivity contribution in [2.75, 3.05) is 40.3 Å². The van der Waals surface area contributed by atoms with Gasteiger partial charge in [-0.1, -0.05) is 0 Å². The molecule has 0 atom stereocenters. The van der Waals surface area contributed by atoms with Gasteiger partial charge in [-0.25, -0.2) is 0 Å². The zero-order chi connectivity index (χ0) is 14.3. The molecule has 4 heteroatoms. The third-order valence-corrected chi connectivity index (χ3v) is 4.26. The first-order chi connectivity index (χ1) is 9.08. The van der Waals surface area contributed by atoms with Crippen LogP contribution < -0.4 is 5.73 Å². The van der Waals surface area contributed by atoms with Crippen LogP contribution in [0, 0.1) is 11.8 Å². The smallest absolute Gasteiger partial charge is 0.225 e. The fourth-order valence-corrected chi connectivity index (χ4v) is 2.91. The van der Waals surface area contributed by atoms with Crippen molar-refractivity contribution in [2.24, 2.45) is 17.6 Å². The van der Waals surface area contributed by atoms with Gasteiger partial charge in [0.25, 0.3) is 0 Å². The molecule has 19 heavy (non-hydrogen) atoms. The van der Waals surface area contributed by atoms with E-state index in [1.54, 1.807) is 0 Å². The van der Waals surface area contributed by atoms with Gasteiger partial charge in [-0.05, 0) is 72.1 Å². The molecule has 1 fully saturated rings. The van der Waals surface area contributed by atoms with Crippen molar-refractivity contribution in [2.45, 2.75) is 39.0 Å². The minimum atomic E-state index is 0.252. The van der Waals surface area contributed by atoms with Gasteiger partial charge in [-0.2, -0.15) is 0 Å². The SMILES string of the molecule is CCN(CCCN(C)C)C(=O)C1CCC(CN)CC1. The van der Waals surface area contributed by atoms with Crippen LogP contribution in [0.1, 0.15) is 39.0 Å². The van der Waals surface area contributed by atoms with Crippen LogP contribution >= 0.6 is 0 Å². The highest BCUT2D eigenvalue weighted by Gasteiger charge is 2.28. The van der Waals surface area contributed by atoms with Crippen molar-refractivity contribution in [3.8, 4) is 0 Å². The summed E-state index contributed by atoms with van der Waals surface area (Å²) in [5.74, 6) is 1.27. The maximum absolute atomic E-state index is 12.5. The Kier molecular flexibility index (Phi) is 7.39. The van der Waals surface area contributed by atoms with Crippen LogP contribution in [0.3, 0.4) is 0 Å². The lowest BCUT2D eigenvalue weighted by molar-refractivity contribution is -0.136. The maximum atomic E-state index is 12.5. The Balaban J connectivity index is 2.36. The largest absolute Gasteiger partial charge is 0.343 e. The molecular weight excluding hydrogens is 238 g/mol. The molecule has 0 radical (unpaired) electrons. The number of hydrogen-bond donors (Lipinski definition) is 1. The Morgan fingerprint density at radius 1 is 1.16 bits per heavy atom. The summed E-state index contributed by atoms with van der Waals surface area (Å²) in [4.78, 5) is 16.7. The van der Waals surface area contributed by atoms with Gasteiger partial charge >= 0.3 is 0 Å². The van der Waals surface area contributed by atoms with Crippen LogP contribution in [0.2, 0.25) is 0 Å². The summed E-state index contributed by atoms with van der Waals surface area (Å²) in [5.41, 5.74) is 5.70. The fraction of sp³-hybridized carbons (Fsp3) is 0.933. The Morgan fingerprint density at radius 3 is 2.26 bits per heavy atom. The van der Waals surface area contributed by atoms with E-state index in [0.29, 0.717) is 11.8 Å². The van der Waals surface area contributed by atoms with Gasteiger partial charge in [-0.3, -0.25) is 4.79 Å². The second kappa shape index (κ2) is 8.54. The average Bonchev–Trinajstić information content (AvgIpc) is 2.43. The van der Waals surface area contributed by atoms with Crippen LogP contribution in [-0.2, 0) is 4.79 Å². The van der Waals surface area contributed by atoms with Crippen LogP contribution in [-0.4, -0.2) is 56.0 Å². The topological polar surface area (TPSA) is 49.6 Å². The normalized spacial score (nSPS) is 23.6. The molecule has 0 aromatic carbocycles. The molecule has 0 aromatic heterocycles. The van der Waals surface area contributed by atoms with E-state index >= 15 is 0 Å². The molecular formula is C15H31N3O. The van der Waals surface area contributed by atoms with Gasteiger partial charge in [0.1, 0.15) is 0 Å². The molecule has 0 saturated heterocycles. The minimum Gasteiger partial charge on any atom is -0.343 e. The predicted octanol–water partition coefficient (Wildman–Crippen LogP) is 1.55. The van der Waals surface area contributed by atoms with Gasteiger partial charge in [0, 0.05) is 19.0 Å². The Labute approximate surface area is 118 Å². The molecule has 4 nitrogen and oxygen atoms in total. The van der Waals surface area contributed by atoms with Crippen molar-refractivity contribution < 1.29 is 4.79 Å². The number of amides is 1. The van der Waals surface area contributed by atoms with Crippen molar-refractivity contribution in [1.29, 1.82) is 0 Å². The van der Waals surface area contributed by atoms with Gasteiger partial charge in [0.2, 0.25) is 5.91 Å². The fourth-order valence-electron chi connectivity index (χ4n) is 2.91. The predicted molar refractivity (Wildman–Crippen MR) is 79.9 cm³/mol. The van der Waals surface area contributed by atoms with E-state index in [1.807, 2.05) is 4.90 Å². The zero-order valence-electron chi connectivity index (χ0n) is 12.9. The van der Waals surface area contributed by atoms with Crippen LogP contribution in [0.4, 0.5) is 0 Å². The number of rotatable bonds is 7. The lowest BCUT2D eigenvalue weighted by atomic mass is 9.81. The van der Waals surface area contributed by atoms with Crippen LogP contribution in [0.15, 0.2) is 0 Å². The molecule has 0 heterocycles. The Morgan fingerprint density at radius 2 is 1.79 bits per heavy atom. The molecule has 1 saturated carbocycles. The van der Waals surface area contributed by atoms with Crippen molar-refractivity contribution in [1.82, 2.24) is 9.80 Å². The lowest BCUT2D eigenvalue weighted by Gasteiger charge is -2.31. The summed E-state index contributed by atoms with van der Waals surface area (Å²) in [6.07, 6.45) is 5.38. The third kappa shape index (κ3) is 5.49. The molecule has 0 bridgehead atoms. The summed E-state index contributed by atoms with van der Waals surface area (Å²) >= 11 is 0. The van der Waals surface area contributed by atoms with E-state index in [9.17, 15) is 4.79 Å². The number of carbonyl (C=O) groups is 1. The van der Waals surface area contributed by atoms with E-state index in [-0.39, 0.29) is 5.92 Å². The first-order valence-corrected chi connectivity index (χ1v) is 7.72. The molecule has 1 aliphatic carbocycles. The number of nitrogens with two attached hydrogens (primary N) is 1. The quantitative estimate of drug-likeness (QED) is 0.763. The Hall–Kier alpha value is -0.610. The maximum Gasteiger partial charge on any atom is 0.225 e. The molecule has 0 spiro atoms. The van der Waals surface area contributed by atoms with Gasteiger partial charge in [-0.15, -0.1) is 0 Å². The summed E-state index contributed by atoms with van der Waals surface area (Å²) in [7, 11) is 4.15. The van der Waals surface area contributed by atoms with E-state index in [0.717, 1.165) is 58.3 Å². The van der Waals surface area contributed by atoms with E-state index < -0.39 is 0 Å². The van der Waals surface area contributed by atoms with Crippen LogP contribution in [0.5, 0.6) is 0 Å². The highest BCUT2D eigenvalue weighted by molar-refractivity contribution is 5.78. The molecule has 1 aliphatic rings. The minimum absolute atomic E-state index is 0.252. The third-order valence-electron chi connectivity index (χ3n) is 4.26. The first-order valence-electron chi connectivity index (χ1n) is 7.72. The monoisotopic (exact) mass is 269 g/mol. The van der Waals surface area contributed by atoms with E-state index in [1.165, 1.54) is 0 Å². The first kappa shape index (κ1) is 16.4. The highest BCUT2D eigenvalue weighted by atomic mass is 16.2. The highest BCUT2D eigenvalue weighted by Crippen LogP contribution is 2.29. The van der Waals surface area contributed by atoms with Crippen molar-refractivity contribution in [3.63, 3.8) is 0 Å². The summed E-state index contributed by atoms with van der Waals surface area (Å²) in [6, 6.07) is 0. The second-order valence-corrected chi connectivity index (χ2v) is 6.03. The number of carbonyl (C=O) groups excluding carboxylic acids is 1. The lowest BCUT2D eigenvalue weighted by Crippen LogP contribution is -2.39. The summed E-state index contributed by atoms with van der Waals surface area (Å²) in [6.45, 7) is 5.64. The van der Waals surface area contributed by atoms with Gasteiger partial charge in [0.15, 0.2) is 0 Å².